The van der Waals surface area contributed by atoms with Crippen LogP contribution >= 0.6 is 0 Å². The number of aliphatic hydroxyl groups is 1. The van der Waals surface area contributed by atoms with Gasteiger partial charge in [0.05, 0.1) is 25.8 Å². The summed E-state index contributed by atoms with van der Waals surface area (Å²) in [4.78, 5) is 46.5. The maximum Gasteiger partial charge on any atom is 0.407 e. The standard InChI is InChI=1S/C21H34N2O9/c1-13(2)19(26)29-9-7-22-18(25)16(6)31-12-17(11-15(5)24)32-21(28)23-8-10-30-20(27)14(3)4/h15-17,24H,1,3,7-12H2,2,4-6H3,(H,22,25)(H,23,28). The Bertz CT molecular complexity index is 676. The second kappa shape index (κ2) is 15.8. The molecule has 0 saturated carbocycles. The summed E-state index contributed by atoms with van der Waals surface area (Å²) in [6.45, 7) is 12.8. The van der Waals surface area contributed by atoms with Gasteiger partial charge in [-0.2, -0.15) is 0 Å². The van der Waals surface area contributed by atoms with Crippen molar-refractivity contribution in [1.29, 1.82) is 0 Å². The van der Waals surface area contributed by atoms with E-state index in [0.717, 1.165) is 0 Å². The Labute approximate surface area is 188 Å². The first-order valence-corrected chi connectivity index (χ1v) is 10.1. The molecular weight excluding hydrogens is 424 g/mol. The summed E-state index contributed by atoms with van der Waals surface area (Å²) in [5.74, 6) is -1.56. The molecule has 0 fully saturated rings. The van der Waals surface area contributed by atoms with E-state index in [2.05, 4.69) is 23.8 Å². The van der Waals surface area contributed by atoms with Crippen molar-refractivity contribution in [3.05, 3.63) is 24.3 Å². The zero-order valence-electron chi connectivity index (χ0n) is 19.1. The highest BCUT2D eigenvalue weighted by Gasteiger charge is 2.21. The van der Waals surface area contributed by atoms with Crippen LogP contribution in [-0.4, -0.2) is 80.3 Å². The van der Waals surface area contributed by atoms with Gasteiger partial charge in [0.15, 0.2) is 0 Å². The molecule has 11 heteroatoms. The number of amides is 2. The number of hydrogen-bond donors (Lipinski definition) is 3. The number of esters is 2. The molecule has 32 heavy (non-hydrogen) atoms. The Morgan fingerprint density at radius 1 is 0.906 bits per heavy atom. The zero-order chi connectivity index (χ0) is 24.7. The van der Waals surface area contributed by atoms with Crippen LogP contribution < -0.4 is 10.6 Å². The molecule has 0 rings (SSSR count). The molecular formula is C21H34N2O9. The highest BCUT2D eigenvalue weighted by Crippen LogP contribution is 2.06. The minimum Gasteiger partial charge on any atom is -0.460 e. The molecule has 0 radical (unpaired) electrons. The van der Waals surface area contributed by atoms with E-state index < -0.39 is 42.3 Å². The topological polar surface area (TPSA) is 149 Å². The van der Waals surface area contributed by atoms with Crippen molar-refractivity contribution in [2.24, 2.45) is 0 Å². The van der Waals surface area contributed by atoms with Gasteiger partial charge in [0, 0.05) is 17.6 Å². The molecule has 3 N–H and O–H groups in total. The van der Waals surface area contributed by atoms with Crippen LogP contribution in [0.15, 0.2) is 24.3 Å². The summed E-state index contributed by atoms with van der Waals surface area (Å²) < 4.78 is 20.4. The predicted octanol–water partition coefficient (Wildman–Crippen LogP) is 0.612. The van der Waals surface area contributed by atoms with Crippen LogP contribution in [0, 0.1) is 0 Å². The van der Waals surface area contributed by atoms with Gasteiger partial charge in [0.1, 0.15) is 25.4 Å². The minimum atomic E-state index is -0.878. The average molecular weight is 459 g/mol. The number of nitrogens with one attached hydrogen (secondary N) is 2. The Hall–Kier alpha value is -2.92. The van der Waals surface area contributed by atoms with Gasteiger partial charge in [-0.3, -0.25) is 4.79 Å². The molecule has 0 aliphatic heterocycles. The van der Waals surface area contributed by atoms with Crippen LogP contribution in [0.4, 0.5) is 4.79 Å². The lowest BCUT2D eigenvalue weighted by molar-refractivity contribution is -0.140. The third-order valence-electron chi connectivity index (χ3n) is 3.71. The smallest absolute Gasteiger partial charge is 0.407 e. The summed E-state index contributed by atoms with van der Waals surface area (Å²) in [5.41, 5.74) is 0.502. The van der Waals surface area contributed by atoms with E-state index in [4.69, 9.17) is 18.9 Å². The first-order chi connectivity index (χ1) is 14.9. The first kappa shape index (κ1) is 29.1. The number of carbonyl (C=O) groups is 4. The summed E-state index contributed by atoms with van der Waals surface area (Å²) >= 11 is 0. The largest absolute Gasteiger partial charge is 0.460 e. The molecule has 3 atom stereocenters. The lowest BCUT2D eigenvalue weighted by Gasteiger charge is -2.21. The molecule has 11 nitrogen and oxygen atoms in total. The zero-order valence-corrected chi connectivity index (χ0v) is 19.1. The van der Waals surface area contributed by atoms with Crippen molar-refractivity contribution in [3.63, 3.8) is 0 Å². The quantitative estimate of drug-likeness (QED) is 0.139. The van der Waals surface area contributed by atoms with Crippen molar-refractivity contribution in [2.75, 3.05) is 32.9 Å². The van der Waals surface area contributed by atoms with Gasteiger partial charge in [-0.15, -0.1) is 0 Å². The Kier molecular flexibility index (Phi) is 14.4. The van der Waals surface area contributed by atoms with E-state index >= 15 is 0 Å². The SMILES string of the molecule is C=C(C)C(=O)OCCNC(=O)OC(COC(C)C(=O)NCCOC(=O)C(=C)C)CC(C)O. The third-order valence-corrected chi connectivity index (χ3v) is 3.71. The fourth-order valence-corrected chi connectivity index (χ4v) is 2.06. The molecule has 0 bridgehead atoms. The molecule has 0 heterocycles. The van der Waals surface area contributed by atoms with Crippen molar-refractivity contribution < 1.29 is 43.2 Å². The normalized spacial score (nSPS) is 13.2. The first-order valence-electron chi connectivity index (χ1n) is 10.1. The summed E-state index contributed by atoms with van der Waals surface area (Å²) in [5, 5.41) is 14.6. The highest BCUT2D eigenvalue weighted by atomic mass is 16.6. The second-order valence-electron chi connectivity index (χ2n) is 7.14. The van der Waals surface area contributed by atoms with Crippen LogP contribution in [0.5, 0.6) is 0 Å². The Morgan fingerprint density at radius 2 is 1.41 bits per heavy atom. The second-order valence-corrected chi connectivity index (χ2v) is 7.14. The van der Waals surface area contributed by atoms with E-state index in [-0.39, 0.29) is 50.5 Å². The monoisotopic (exact) mass is 458 g/mol. The predicted molar refractivity (Wildman–Crippen MR) is 115 cm³/mol. The number of ether oxygens (including phenoxy) is 4. The van der Waals surface area contributed by atoms with Crippen LogP contribution in [0.2, 0.25) is 0 Å². The third kappa shape index (κ3) is 14.1. The van der Waals surface area contributed by atoms with E-state index in [9.17, 15) is 24.3 Å². The fourth-order valence-electron chi connectivity index (χ4n) is 2.06. The minimum absolute atomic E-state index is 0.0141. The van der Waals surface area contributed by atoms with Gasteiger partial charge in [-0.1, -0.05) is 13.2 Å². The van der Waals surface area contributed by atoms with Gasteiger partial charge >= 0.3 is 18.0 Å². The van der Waals surface area contributed by atoms with Gasteiger partial charge < -0.3 is 34.7 Å². The average Bonchev–Trinajstić information content (AvgIpc) is 2.70. The molecule has 182 valence electrons. The van der Waals surface area contributed by atoms with Gasteiger partial charge in [-0.05, 0) is 27.7 Å². The number of alkyl carbamates (subject to hydrolysis) is 1. The fraction of sp³-hybridized carbons (Fsp3) is 0.619. The number of rotatable bonds is 15. The van der Waals surface area contributed by atoms with Gasteiger partial charge in [0.25, 0.3) is 0 Å². The van der Waals surface area contributed by atoms with Crippen molar-refractivity contribution in [3.8, 4) is 0 Å². The Morgan fingerprint density at radius 3 is 1.88 bits per heavy atom. The summed E-state index contributed by atoms with van der Waals surface area (Å²) in [6.07, 6.45) is -3.18. The molecule has 0 aromatic heterocycles. The van der Waals surface area contributed by atoms with Crippen molar-refractivity contribution in [2.45, 2.75) is 52.4 Å². The van der Waals surface area contributed by atoms with Gasteiger partial charge in [-0.25, -0.2) is 14.4 Å². The van der Waals surface area contributed by atoms with Gasteiger partial charge in [0.2, 0.25) is 5.91 Å². The molecule has 0 aromatic rings. The van der Waals surface area contributed by atoms with Crippen LogP contribution in [0.1, 0.15) is 34.1 Å². The molecule has 2 amide bonds. The number of aliphatic hydroxyl groups excluding tert-OH is 1. The summed E-state index contributed by atoms with van der Waals surface area (Å²) in [7, 11) is 0. The van der Waals surface area contributed by atoms with E-state index in [1.165, 1.54) is 27.7 Å². The van der Waals surface area contributed by atoms with Crippen molar-refractivity contribution >= 4 is 23.9 Å². The lowest BCUT2D eigenvalue weighted by atomic mass is 10.2. The maximum atomic E-state index is 12.0. The number of carbonyl (C=O) groups excluding carboxylic acids is 4. The van der Waals surface area contributed by atoms with Crippen LogP contribution in [0.25, 0.3) is 0 Å². The molecule has 0 aromatic carbocycles. The highest BCUT2D eigenvalue weighted by molar-refractivity contribution is 5.87. The van der Waals surface area contributed by atoms with Crippen LogP contribution in [0.3, 0.4) is 0 Å². The Balaban J connectivity index is 4.34. The maximum absolute atomic E-state index is 12.0. The van der Waals surface area contributed by atoms with E-state index in [0.29, 0.717) is 0 Å². The van der Waals surface area contributed by atoms with Crippen molar-refractivity contribution in [1.82, 2.24) is 10.6 Å². The lowest BCUT2D eigenvalue weighted by Crippen LogP contribution is -2.40. The molecule has 0 aliphatic rings. The molecule has 0 spiro atoms. The molecule has 0 saturated heterocycles. The summed E-state index contributed by atoms with van der Waals surface area (Å²) in [6, 6.07) is 0. The van der Waals surface area contributed by atoms with Crippen LogP contribution in [-0.2, 0) is 33.3 Å². The van der Waals surface area contributed by atoms with E-state index in [1.807, 2.05) is 0 Å². The van der Waals surface area contributed by atoms with E-state index in [1.54, 1.807) is 0 Å². The molecule has 0 aliphatic carbocycles. The number of hydrogen-bond acceptors (Lipinski definition) is 9. The molecule has 3 unspecified atom stereocenters.